The molecule has 17 heavy (non-hydrogen) atoms. The molecule has 2 aromatic rings. The molecule has 0 spiro atoms. The van der Waals surface area contributed by atoms with Crippen molar-refractivity contribution in [2.24, 2.45) is 0 Å². The van der Waals surface area contributed by atoms with E-state index in [2.05, 4.69) is 29.2 Å². The summed E-state index contributed by atoms with van der Waals surface area (Å²) in [6.45, 7) is 0. The number of anilines is 1. The summed E-state index contributed by atoms with van der Waals surface area (Å²) >= 11 is -0.392. The molecule has 0 bridgehead atoms. The van der Waals surface area contributed by atoms with Gasteiger partial charge in [-0.15, -0.1) is 0 Å². The van der Waals surface area contributed by atoms with Crippen LogP contribution in [0.25, 0.3) is 0 Å². The van der Waals surface area contributed by atoms with E-state index in [1.807, 2.05) is 26.2 Å². The maximum atomic E-state index is 12.8. The van der Waals surface area contributed by atoms with Gasteiger partial charge in [0.15, 0.2) is 0 Å². The molecule has 0 saturated heterocycles. The molecule has 3 heteroatoms. The molecule has 0 fully saturated rings. The van der Waals surface area contributed by atoms with Crippen molar-refractivity contribution in [1.29, 1.82) is 0 Å². The summed E-state index contributed by atoms with van der Waals surface area (Å²) in [5, 5.41) is 0. The molecule has 0 radical (unpaired) electrons. The molecule has 0 aromatic heterocycles. The summed E-state index contributed by atoms with van der Waals surface area (Å²) < 4.78 is 15.4. The molecule has 0 aliphatic carbocycles. The quantitative estimate of drug-likeness (QED) is 0.765. The van der Waals surface area contributed by atoms with E-state index in [0.717, 1.165) is 0 Å². The monoisotopic (exact) mass is 345 g/mol. The fourth-order valence-electron chi connectivity index (χ4n) is 1.45. The van der Waals surface area contributed by atoms with Gasteiger partial charge in [-0.05, 0) is 0 Å². The first-order valence-electron chi connectivity index (χ1n) is 5.36. The maximum absolute atomic E-state index is 12.8. The van der Waals surface area contributed by atoms with E-state index < -0.39 is 20.9 Å². The zero-order valence-corrected chi connectivity index (χ0v) is 12.2. The number of halogens is 1. The van der Waals surface area contributed by atoms with Crippen LogP contribution >= 0.6 is 0 Å². The van der Waals surface area contributed by atoms with E-state index >= 15 is 0 Å². The van der Waals surface area contributed by atoms with Crippen LogP contribution < -0.4 is 12.1 Å². The molecule has 1 nitrogen and oxygen atoms in total. The second-order valence-corrected chi connectivity index (χ2v) is 7.22. The topological polar surface area (TPSA) is 3.24 Å². The van der Waals surface area contributed by atoms with Crippen LogP contribution in [0.15, 0.2) is 48.5 Å². The van der Waals surface area contributed by atoms with Crippen molar-refractivity contribution in [3.05, 3.63) is 54.3 Å². The normalized spacial score (nSPS) is 10.3. The van der Waals surface area contributed by atoms with Crippen LogP contribution in [-0.4, -0.2) is 35.0 Å². The first kappa shape index (κ1) is 12.4. The Morgan fingerprint density at radius 3 is 1.76 bits per heavy atom. The molecule has 0 heterocycles. The van der Waals surface area contributed by atoms with Gasteiger partial charge in [-0.2, -0.15) is 0 Å². The average molecular weight is 343 g/mol. The van der Waals surface area contributed by atoms with E-state index in [4.69, 9.17) is 0 Å². The van der Waals surface area contributed by atoms with Gasteiger partial charge in [0.1, 0.15) is 0 Å². The van der Waals surface area contributed by atoms with E-state index in [1.54, 1.807) is 0 Å². The van der Waals surface area contributed by atoms with Crippen molar-refractivity contribution in [3.63, 3.8) is 0 Å². The second-order valence-electron chi connectivity index (χ2n) is 3.94. The summed E-state index contributed by atoms with van der Waals surface area (Å²) in [5.41, 5.74) is 1.21. The van der Waals surface area contributed by atoms with Crippen LogP contribution in [0.5, 0.6) is 0 Å². The molecule has 0 aliphatic heterocycles. The van der Waals surface area contributed by atoms with Gasteiger partial charge in [-0.3, -0.25) is 0 Å². The minimum absolute atomic E-state index is 0.163. The molecule has 0 unspecified atom stereocenters. The number of hydrogen-bond donors (Lipinski definition) is 0. The Morgan fingerprint density at radius 2 is 1.29 bits per heavy atom. The van der Waals surface area contributed by atoms with Crippen molar-refractivity contribution in [2.45, 2.75) is 0 Å². The fourth-order valence-corrected chi connectivity index (χ4v) is 3.78. The van der Waals surface area contributed by atoms with E-state index in [0.29, 0.717) is 0 Å². The molecule has 0 amide bonds. The van der Waals surface area contributed by atoms with Crippen molar-refractivity contribution < 1.29 is 4.39 Å². The number of hydrogen-bond acceptors (Lipinski definition) is 1. The van der Waals surface area contributed by atoms with Crippen LogP contribution in [0.1, 0.15) is 0 Å². The Kier molecular flexibility index (Phi) is 4.04. The van der Waals surface area contributed by atoms with Crippen molar-refractivity contribution >= 4 is 33.8 Å². The Labute approximate surface area is 111 Å². The molecule has 0 atom stereocenters. The van der Waals surface area contributed by atoms with Gasteiger partial charge < -0.3 is 0 Å². The third-order valence-corrected chi connectivity index (χ3v) is 5.30. The predicted molar refractivity (Wildman–Crippen MR) is 72.2 cm³/mol. The summed E-state index contributed by atoms with van der Waals surface area (Å²) in [4.78, 5) is 2.09. The van der Waals surface area contributed by atoms with Gasteiger partial charge in [0.05, 0.1) is 0 Å². The Hall–Kier alpha value is -1.04. The van der Waals surface area contributed by atoms with Gasteiger partial charge >= 0.3 is 112 Å². The van der Waals surface area contributed by atoms with Crippen molar-refractivity contribution in [3.8, 4) is 0 Å². The first-order chi connectivity index (χ1) is 8.15. The van der Waals surface area contributed by atoms with Gasteiger partial charge in [-0.25, -0.2) is 0 Å². The zero-order valence-electron chi connectivity index (χ0n) is 9.85. The third-order valence-electron chi connectivity index (χ3n) is 2.40. The van der Waals surface area contributed by atoms with E-state index in [-0.39, 0.29) is 5.82 Å². The van der Waals surface area contributed by atoms with Crippen LogP contribution in [0.4, 0.5) is 10.1 Å². The Bertz CT molecular complexity index is 477. The number of rotatable bonds is 3. The van der Waals surface area contributed by atoms with Crippen LogP contribution in [0.3, 0.4) is 0 Å². The van der Waals surface area contributed by atoms with Gasteiger partial charge in [0.25, 0.3) is 0 Å². The standard InChI is InChI=1S/C14H14FNTe/c1-16(2)12-5-9-14(10-6-12)17-13-7-3-11(15)4-8-13/h3-10H,1-2H3. The third kappa shape index (κ3) is 3.46. The van der Waals surface area contributed by atoms with Crippen LogP contribution in [0.2, 0.25) is 0 Å². The van der Waals surface area contributed by atoms with E-state index in [1.165, 1.54) is 25.0 Å². The Morgan fingerprint density at radius 1 is 0.824 bits per heavy atom. The average Bonchev–Trinajstić information content (AvgIpc) is 2.33. The van der Waals surface area contributed by atoms with Crippen LogP contribution in [0, 0.1) is 5.82 Å². The summed E-state index contributed by atoms with van der Waals surface area (Å²) in [6.07, 6.45) is 0. The zero-order chi connectivity index (χ0) is 12.3. The number of benzene rings is 2. The van der Waals surface area contributed by atoms with Crippen molar-refractivity contribution in [2.75, 3.05) is 19.0 Å². The molecule has 0 N–H and O–H groups in total. The molecule has 88 valence electrons. The second kappa shape index (κ2) is 5.53. The van der Waals surface area contributed by atoms with Crippen molar-refractivity contribution in [1.82, 2.24) is 0 Å². The molecule has 2 rings (SSSR count). The molecule has 2 aromatic carbocycles. The summed E-state index contributed by atoms with van der Waals surface area (Å²) in [5.74, 6) is -0.163. The summed E-state index contributed by atoms with van der Waals surface area (Å²) in [7, 11) is 4.07. The van der Waals surface area contributed by atoms with E-state index in [9.17, 15) is 4.39 Å². The SMILES string of the molecule is CN(C)c1ccc([Te]c2ccc(F)cc2)cc1. The molecule has 0 saturated carbocycles. The van der Waals surface area contributed by atoms with Gasteiger partial charge in [-0.1, -0.05) is 0 Å². The fraction of sp³-hybridized carbons (Fsp3) is 0.143. The van der Waals surface area contributed by atoms with Crippen LogP contribution in [-0.2, 0) is 0 Å². The molecular formula is C14H14FNTe. The Balaban J connectivity index is 2.11. The number of nitrogens with zero attached hydrogens (tertiary/aromatic N) is 1. The summed E-state index contributed by atoms with van der Waals surface area (Å²) in [6, 6.07) is 15.4. The molecule has 0 aliphatic rings. The van der Waals surface area contributed by atoms with Gasteiger partial charge in [0, 0.05) is 0 Å². The minimum atomic E-state index is -0.392. The predicted octanol–water partition coefficient (Wildman–Crippen LogP) is 1.55. The van der Waals surface area contributed by atoms with Gasteiger partial charge in [0.2, 0.25) is 0 Å². The molecular weight excluding hydrogens is 329 g/mol. The first-order valence-corrected chi connectivity index (χ1v) is 7.69.